The number of fused-ring (bicyclic) bond motifs is 6. The molecule has 0 bridgehead atoms. The van der Waals surface area contributed by atoms with Crippen LogP contribution in [0.15, 0.2) is 221 Å². The number of nitrogens with zero attached hydrogens (tertiary/aromatic N) is 6. The van der Waals surface area contributed by atoms with E-state index in [2.05, 4.69) is 38.0 Å². The lowest BCUT2D eigenvalue weighted by atomic mass is 10.0. The van der Waals surface area contributed by atoms with Crippen LogP contribution >= 0.6 is 0 Å². The molecule has 0 unspecified atom stereocenters. The van der Waals surface area contributed by atoms with Crippen molar-refractivity contribution in [3.05, 3.63) is 243 Å². The zero-order valence-electron chi connectivity index (χ0n) is 37.0. The van der Waals surface area contributed by atoms with E-state index in [0.717, 1.165) is 73.3 Å². The van der Waals surface area contributed by atoms with Gasteiger partial charge in [0.25, 0.3) is 0 Å². The van der Waals surface area contributed by atoms with Gasteiger partial charge in [-0.2, -0.15) is 0 Å². The normalized spacial score (nSPS) is 12.9. The summed E-state index contributed by atoms with van der Waals surface area (Å²) in [5, 5.41) is 3.82. The Bertz CT molecular complexity index is 4030. The highest BCUT2D eigenvalue weighted by atomic mass is 16.1. The van der Waals surface area contributed by atoms with E-state index in [0.29, 0.717) is 56.2 Å². The number of pyridine rings is 3. The molecule has 4 heterocycles. The number of benzene rings is 8. The third-order valence-electron chi connectivity index (χ3n) is 13.3. The molecule has 1 aliphatic rings. The van der Waals surface area contributed by atoms with E-state index >= 15 is 0 Å². The van der Waals surface area contributed by atoms with Crippen molar-refractivity contribution >= 4 is 76.7 Å². The van der Waals surface area contributed by atoms with Gasteiger partial charge in [-0.3, -0.25) is 14.4 Å². The summed E-state index contributed by atoms with van der Waals surface area (Å²) in [5.74, 6) is 1.49. The van der Waals surface area contributed by atoms with Crippen molar-refractivity contribution in [1.82, 2.24) is 28.7 Å². The molecule has 0 atom stereocenters. The largest absolute Gasteiger partial charge is 0.309 e. The molecule has 0 N–H and O–H groups in total. The van der Waals surface area contributed by atoms with Crippen LogP contribution in [0.4, 0.5) is 0 Å². The van der Waals surface area contributed by atoms with E-state index in [-0.39, 0.29) is 16.3 Å². The van der Waals surface area contributed by atoms with Crippen LogP contribution in [0.1, 0.15) is 18.7 Å². The highest BCUT2D eigenvalue weighted by Crippen LogP contribution is 2.35. The first-order valence-electron chi connectivity index (χ1n) is 23.0. The van der Waals surface area contributed by atoms with Crippen LogP contribution in [-0.2, 0) is 0 Å². The fourth-order valence-corrected chi connectivity index (χ4v) is 10.2. The standard InChI is InChI=1S/C60H38N6O3/c67-55-43-22-1-7-28-49(43)64(50-29-8-2-23-44(50)55)40-19-13-16-37(34-40)58-61-59(38-17-14-20-41(35-38)65-51-30-9-3-24-45(51)56(68)46-25-4-10-31-52(46)65)63-60(62-58)39-18-15-21-42(36-39)66-53-32-11-5-26-47(53)57(69)48-27-6-12-33-54(48)66/h1-14,16-17,19-36H,15,18H2. The predicted octanol–water partition coefficient (Wildman–Crippen LogP) is 12.3. The minimum Gasteiger partial charge on any atom is -0.309 e. The zero-order valence-corrected chi connectivity index (χ0v) is 37.0. The summed E-state index contributed by atoms with van der Waals surface area (Å²) >= 11 is 0. The van der Waals surface area contributed by atoms with E-state index in [4.69, 9.17) is 15.0 Å². The van der Waals surface area contributed by atoms with Gasteiger partial charge in [0.15, 0.2) is 33.8 Å². The summed E-state index contributed by atoms with van der Waals surface area (Å²) in [6, 6.07) is 62.5. The van der Waals surface area contributed by atoms with Gasteiger partial charge in [-0.1, -0.05) is 103 Å². The Morgan fingerprint density at radius 2 is 0.681 bits per heavy atom. The smallest absolute Gasteiger partial charge is 0.197 e. The molecule has 4 aromatic heterocycles. The van der Waals surface area contributed by atoms with Crippen LogP contribution in [0.3, 0.4) is 0 Å². The van der Waals surface area contributed by atoms with Crippen molar-refractivity contribution in [2.45, 2.75) is 12.8 Å². The van der Waals surface area contributed by atoms with Crippen LogP contribution < -0.4 is 16.3 Å². The van der Waals surface area contributed by atoms with E-state index in [9.17, 15) is 14.4 Å². The molecule has 9 heteroatoms. The molecule has 0 spiro atoms. The molecule has 0 aliphatic heterocycles. The number of rotatable bonds is 6. The first-order chi connectivity index (χ1) is 34.0. The van der Waals surface area contributed by atoms with Gasteiger partial charge in [-0.25, -0.2) is 15.0 Å². The minimum absolute atomic E-state index is 0.000492. The number of aromatic nitrogens is 6. The van der Waals surface area contributed by atoms with E-state index in [1.54, 1.807) is 0 Å². The lowest BCUT2D eigenvalue weighted by molar-refractivity contribution is 0.970. The highest BCUT2D eigenvalue weighted by Gasteiger charge is 2.21. The quantitative estimate of drug-likeness (QED) is 0.154. The maximum atomic E-state index is 13.8. The third kappa shape index (κ3) is 6.47. The second-order valence-corrected chi connectivity index (χ2v) is 17.3. The molecule has 0 saturated carbocycles. The average molecular weight is 891 g/mol. The molecule has 0 saturated heterocycles. The van der Waals surface area contributed by atoms with Crippen molar-refractivity contribution in [3.8, 4) is 34.2 Å². The van der Waals surface area contributed by atoms with E-state index in [1.807, 2.05) is 182 Å². The fourth-order valence-electron chi connectivity index (χ4n) is 10.2. The van der Waals surface area contributed by atoms with Gasteiger partial charge in [0.1, 0.15) is 0 Å². The van der Waals surface area contributed by atoms with E-state index in [1.165, 1.54) is 0 Å². The van der Waals surface area contributed by atoms with Crippen LogP contribution in [0.5, 0.6) is 0 Å². The van der Waals surface area contributed by atoms with Crippen LogP contribution in [0.2, 0.25) is 0 Å². The first kappa shape index (κ1) is 40.0. The predicted molar refractivity (Wildman–Crippen MR) is 279 cm³/mol. The van der Waals surface area contributed by atoms with Crippen molar-refractivity contribution in [1.29, 1.82) is 0 Å². The molecule has 8 aromatic carbocycles. The Balaban J connectivity index is 1.03. The second-order valence-electron chi connectivity index (χ2n) is 17.3. The number of allylic oxidation sites excluding steroid dienone is 4. The van der Waals surface area contributed by atoms with Gasteiger partial charge < -0.3 is 13.7 Å². The van der Waals surface area contributed by atoms with Gasteiger partial charge in [0, 0.05) is 60.5 Å². The van der Waals surface area contributed by atoms with Crippen molar-refractivity contribution in [2.24, 2.45) is 0 Å². The SMILES string of the molecule is O=c1c2ccccc2n(C2=CCCC(c3nc(-c4cccc(-n5c6ccccc6c(=O)c6ccccc65)c4)nc(-c4cccc(-n5c6ccccc6c(=O)c6ccccc65)c4)n3)=C2)c2ccccc12. The van der Waals surface area contributed by atoms with Gasteiger partial charge in [-0.05, 0) is 122 Å². The number of para-hydroxylation sites is 6. The maximum absolute atomic E-state index is 13.8. The van der Waals surface area contributed by atoms with Gasteiger partial charge in [0.05, 0.1) is 33.1 Å². The fraction of sp³-hybridized carbons (Fsp3) is 0.0333. The molecular formula is C60H38N6O3. The molecule has 9 nitrogen and oxygen atoms in total. The highest BCUT2D eigenvalue weighted by molar-refractivity contribution is 5.99. The Labute approximate surface area is 393 Å². The Morgan fingerprint density at radius 1 is 0.348 bits per heavy atom. The van der Waals surface area contributed by atoms with Crippen molar-refractivity contribution < 1.29 is 0 Å². The lowest BCUT2D eigenvalue weighted by Gasteiger charge is -2.20. The summed E-state index contributed by atoms with van der Waals surface area (Å²) in [4.78, 5) is 57.1. The summed E-state index contributed by atoms with van der Waals surface area (Å²) in [7, 11) is 0. The lowest BCUT2D eigenvalue weighted by Crippen LogP contribution is -2.12. The summed E-state index contributed by atoms with van der Waals surface area (Å²) in [5.41, 5.74) is 9.87. The van der Waals surface area contributed by atoms with Crippen molar-refractivity contribution in [3.63, 3.8) is 0 Å². The molecular weight excluding hydrogens is 853 g/mol. The van der Waals surface area contributed by atoms with Gasteiger partial charge in [0.2, 0.25) is 0 Å². The van der Waals surface area contributed by atoms with Gasteiger partial charge >= 0.3 is 0 Å². The molecule has 12 aromatic rings. The monoisotopic (exact) mass is 890 g/mol. The van der Waals surface area contributed by atoms with E-state index < -0.39 is 0 Å². The Morgan fingerprint density at radius 3 is 1.06 bits per heavy atom. The average Bonchev–Trinajstić information content (AvgIpc) is 3.41. The van der Waals surface area contributed by atoms with Crippen LogP contribution in [0.25, 0.3) is 111 Å². The molecule has 13 rings (SSSR count). The molecule has 326 valence electrons. The maximum Gasteiger partial charge on any atom is 0.197 e. The zero-order chi connectivity index (χ0) is 46.2. The molecule has 0 fully saturated rings. The Kier molecular flexibility index (Phi) is 9.23. The van der Waals surface area contributed by atoms with Crippen LogP contribution in [0, 0.1) is 0 Å². The molecule has 0 radical (unpaired) electrons. The Hall–Kier alpha value is -9.34. The number of hydrogen-bond donors (Lipinski definition) is 0. The topological polar surface area (TPSA) is 105 Å². The molecule has 69 heavy (non-hydrogen) atoms. The van der Waals surface area contributed by atoms with Gasteiger partial charge in [-0.15, -0.1) is 0 Å². The summed E-state index contributed by atoms with van der Waals surface area (Å²) < 4.78 is 6.42. The van der Waals surface area contributed by atoms with Crippen molar-refractivity contribution in [2.75, 3.05) is 0 Å². The summed E-state index contributed by atoms with van der Waals surface area (Å²) in [6.07, 6.45) is 5.74. The molecule has 1 aliphatic carbocycles. The van der Waals surface area contributed by atoms with Crippen LogP contribution in [-0.4, -0.2) is 28.7 Å². The third-order valence-corrected chi connectivity index (χ3v) is 13.3. The molecule has 0 amide bonds. The summed E-state index contributed by atoms with van der Waals surface area (Å²) in [6.45, 7) is 0. The first-order valence-corrected chi connectivity index (χ1v) is 23.0. The second kappa shape index (κ2) is 15.9. The number of hydrogen-bond acceptors (Lipinski definition) is 6. The minimum atomic E-state index is -0.0111.